The number of hydrogen-bond acceptors (Lipinski definition) is 2. The summed E-state index contributed by atoms with van der Waals surface area (Å²) in [4.78, 5) is 0. The van der Waals surface area contributed by atoms with Crippen molar-refractivity contribution in [3.63, 3.8) is 0 Å². The molecule has 0 radical (unpaired) electrons. The highest BCUT2D eigenvalue weighted by molar-refractivity contribution is 5.18. The third-order valence-electron chi connectivity index (χ3n) is 2.39. The Labute approximate surface area is 72.6 Å². The predicted octanol–water partition coefficient (Wildman–Crippen LogP) is 0.799. The minimum atomic E-state index is 0.712. The Morgan fingerprint density at radius 2 is 2.42 bits per heavy atom. The summed E-state index contributed by atoms with van der Waals surface area (Å²) >= 11 is 0. The number of aryl methyl sites for hydroxylation is 1. The molecule has 1 aliphatic carbocycles. The fraction of sp³-hybridized carbons (Fsp3) is 0.667. The van der Waals surface area contributed by atoms with Crippen molar-refractivity contribution in [3.8, 4) is 0 Å². The lowest BCUT2D eigenvalue weighted by atomic mass is 10.2. The Balaban J connectivity index is 2.18. The minimum absolute atomic E-state index is 0.712. The SMILES string of the molecule is Cn1nc(C2CC2)cc1CCN. The number of aromatic nitrogens is 2. The van der Waals surface area contributed by atoms with E-state index in [-0.39, 0.29) is 0 Å². The van der Waals surface area contributed by atoms with E-state index < -0.39 is 0 Å². The van der Waals surface area contributed by atoms with Gasteiger partial charge in [0.15, 0.2) is 0 Å². The standard InChI is InChI=1S/C9H15N3/c1-12-8(4-5-10)6-9(11-12)7-2-3-7/h6-7H,2-5,10H2,1H3. The molecule has 0 unspecified atom stereocenters. The first-order valence-corrected chi connectivity index (χ1v) is 4.54. The molecular weight excluding hydrogens is 150 g/mol. The van der Waals surface area contributed by atoms with Crippen LogP contribution in [0.25, 0.3) is 0 Å². The molecule has 66 valence electrons. The van der Waals surface area contributed by atoms with Gasteiger partial charge >= 0.3 is 0 Å². The van der Waals surface area contributed by atoms with Gasteiger partial charge in [0.25, 0.3) is 0 Å². The monoisotopic (exact) mass is 165 g/mol. The molecule has 0 aromatic carbocycles. The second kappa shape index (κ2) is 2.90. The van der Waals surface area contributed by atoms with E-state index in [0.29, 0.717) is 6.54 Å². The van der Waals surface area contributed by atoms with Gasteiger partial charge in [0.2, 0.25) is 0 Å². The van der Waals surface area contributed by atoms with Crippen LogP contribution in [0.5, 0.6) is 0 Å². The normalized spacial score (nSPS) is 16.8. The van der Waals surface area contributed by atoms with E-state index in [4.69, 9.17) is 5.73 Å². The van der Waals surface area contributed by atoms with Crippen LogP contribution in [-0.4, -0.2) is 16.3 Å². The zero-order chi connectivity index (χ0) is 8.55. The lowest BCUT2D eigenvalue weighted by Gasteiger charge is -1.96. The molecule has 0 bridgehead atoms. The van der Waals surface area contributed by atoms with Crippen LogP contribution in [-0.2, 0) is 13.5 Å². The van der Waals surface area contributed by atoms with E-state index in [1.807, 2.05) is 11.7 Å². The quantitative estimate of drug-likeness (QED) is 0.720. The van der Waals surface area contributed by atoms with E-state index in [9.17, 15) is 0 Å². The summed E-state index contributed by atoms with van der Waals surface area (Å²) in [5.41, 5.74) is 8.02. The first kappa shape index (κ1) is 7.80. The molecule has 2 rings (SSSR count). The molecule has 1 heterocycles. The molecule has 2 N–H and O–H groups in total. The van der Waals surface area contributed by atoms with Crippen LogP contribution in [0.15, 0.2) is 6.07 Å². The van der Waals surface area contributed by atoms with E-state index in [1.54, 1.807) is 0 Å². The topological polar surface area (TPSA) is 43.8 Å². The fourth-order valence-corrected chi connectivity index (χ4v) is 1.49. The number of hydrogen-bond donors (Lipinski definition) is 1. The van der Waals surface area contributed by atoms with Gasteiger partial charge in [0.1, 0.15) is 0 Å². The van der Waals surface area contributed by atoms with E-state index in [0.717, 1.165) is 12.3 Å². The summed E-state index contributed by atoms with van der Waals surface area (Å²) < 4.78 is 1.96. The van der Waals surface area contributed by atoms with Crippen LogP contribution >= 0.6 is 0 Å². The van der Waals surface area contributed by atoms with Crippen LogP contribution in [0.3, 0.4) is 0 Å². The average Bonchev–Trinajstić information content (AvgIpc) is 2.80. The molecule has 1 fully saturated rings. The van der Waals surface area contributed by atoms with Gasteiger partial charge in [-0.25, -0.2) is 0 Å². The summed E-state index contributed by atoms with van der Waals surface area (Å²) in [6, 6.07) is 2.20. The van der Waals surface area contributed by atoms with Crippen LogP contribution in [0.1, 0.15) is 30.1 Å². The number of rotatable bonds is 3. The maximum Gasteiger partial charge on any atom is 0.0658 e. The molecule has 1 aromatic heterocycles. The van der Waals surface area contributed by atoms with Crippen molar-refractivity contribution in [2.75, 3.05) is 6.54 Å². The van der Waals surface area contributed by atoms with Crippen LogP contribution < -0.4 is 5.73 Å². The smallest absolute Gasteiger partial charge is 0.0658 e. The van der Waals surface area contributed by atoms with E-state index in [1.165, 1.54) is 24.2 Å². The van der Waals surface area contributed by atoms with Crippen LogP contribution in [0, 0.1) is 0 Å². The van der Waals surface area contributed by atoms with Gasteiger partial charge in [-0.15, -0.1) is 0 Å². The van der Waals surface area contributed by atoms with Gasteiger partial charge in [-0.05, 0) is 25.5 Å². The molecule has 1 aromatic rings. The molecule has 0 saturated heterocycles. The molecule has 0 atom stereocenters. The summed E-state index contributed by atoms with van der Waals surface area (Å²) in [5.74, 6) is 0.753. The Morgan fingerprint density at radius 1 is 1.67 bits per heavy atom. The second-order valence-electron chi connectivity index (χ2n) is 3.50. The lowest BCUT2D eigenvalue weighted by Crippen LogP contribution is -2.06. The average molecular weight is 165 g/mol. The minimum Gasteiger partial charge on any atom is -0.330 e. The summed E-state index contributed by atoms with van der Waals surface area (Å²) in [7, 11) is 2.00. The zero-order valence-electron chi connectivity index (χ0n) is 7.45. The van der Waals surface area contributed by atoms with Gasteiger partial charge in [0.05, 0.1) is 5.69 Å². The largest absolute Gasteiger partial charge is 0.330 e. The second-order valence-corrected chi connectivity index (χ2v) is 3.50. The zero-order valence-corrected chi connectivity index (χ0v) is 7.45. The number of nitrogens with zero attached hydrogens (tertiary/aromatic N) is 2. The first-order valence-electron chi connectivity index (χ1n) is 4.54. The molecule has 0 spiro atoms. The molecule has 12 heavy (non-hydrogen) atoms. The molecule has 3 nitrogen and oxygen atoms in total. The molecule has 0 amide bonds. The Kier molecular flexibility index (Phi) is 1.89. The highest BCUT2D eigenvalue weighted by Gasteiger charge is 2.26. The third kappa shape index (κ3) is 1.37. The summed E-state index contributed by atoms with van der Waals surface area (Å²) in [6.45, 7) is 0.712. The van der Waals surface area contributed by atoms with Crippen molar-refractivity contribution in [1.29, 1.82) is 0 Å². The van der Waals surface area contributed by atoms with Gasteiger partial charge in [-0.3, -0.25) is 4.68 Å². The molecule has 0 aliphatic heterocycles. The Bertz CT molecular complexity index is 273. The van der Waals surface area contributed by atoms with Crippen molar-refractivity contribution >= 4 is 0 Å². The van der Waals surface area contributed by atoms with Gasteiger partial charge < -0.3 is 5.73 Å². The van der Waals surface area contributed by atoms with Crippen molar-refractivity contribution in [1.82, 2.24) is 9.78 Å². The summed E-state index contributed by atoms with van der Waals surface area (Å²) in [5, 5.41) is 4.45. The predicted molar refractivity (Wildman–Crippen MR) is 47.9 cm³/mol. The Hall–Kier alpha value is -0.830. The fourth-order valence-electron chi connectivity index (χ4n) is 1.49. The molecular formula is C9H15N3. The van der Waals surface area contributed by atoms with E-state index >= 15 is 0 Å². The third-order valence-corrected chi connectivity index (χ3v) is 2.39. The Morgan fingerprint density at radius 3 is 3.00 bits per heavy atom. The highest BCUT2D eigenvalue weighted by Crippen LogP contribution is 2.39. The van der Waals surface area contributed by atoms with Gasteiger partial charge in [-0.2, -0.15) is 5.10 Å². The lowest BCUT2D eigenvalue weighted by molar-refractivity contribution is 0.694. The van der Waals surface area contributed by atoms with Crippen LogP contribution in [0.4, 0.5) is 0 Å². The molecule has 1 aliphatic rings. The number of nitrogens with two attached hydrogens (primary N) is 1. The van der Waals surface area contributed by atoms with Gasteiger partial charge in [0, 0.05) is 25.1 Å². The first-order chi connectivity index (χ1) is 5.81. The van der Waals surface area contributed by atoms with Crippen molar-refractivity contribution < 1.29 is 0 Å². The highest BCUT2D eigenvalue weighted by atomic mass is 15.3. The molecule has 1 saturated carbocycles. The van der Waals surface area contributed by atoms with Crippen molar-refractivity contribution in [2.24, 2.45) is 12.8 Å². The van der Waals surface area contributed by atoms with Crippen molar-refractivity contribution in [2.45, 2.75) is 25.2 Å². The summed E-state index contributed by atoms with van der Waals surface area (Å²) in [6.07, 6.45) is 3.58. The maximum absolute atomic E-state index is 5.49. The molecule has 3 heteroatoms. The van der Waals surface area contributed by atoms with Gasteiger partial charge in [-0.1, -0.05) is 0 Å². The van der Waals surface area contributed by atoms with E-state index in [2.05, 4.69) is 11.2 Å². The maximum atomic E-state index is 5.49. The van der Waals surface area contributed by atoms with Crippen LogP contribution in [0.2, 0.25) is 0 Å². The van der Waals surface area contributed by atoms with Crippen molar-refractivity contribution in [3.05, 3.63) is 17.5 Å².